The average Bonchev–Trinajstić information content (AvgIpc) is 2.11. The minimum Gasteiger partial charge on any atom is -0.288 e. The van der Waals surface area contributed by atoms with E-state index in [4.69, 9.17) is 0 Å². The molecular weight excluding hydrogens is 174 g/mol. The second-order valence-electron chi connectivity index (χ2n) is 3.08. The molecule has 0 saturated heterocycles. The molecule has 0 saturated carbocycles. The van der Waals surface area contributed by atoms with Crippen LogP contribution in [-0.2, 0) is 4.79 Å². The number of allylic oxidation sites excluding steroid dienone is 1. The normalized spacial score (nSPS) is 11.3. The summed E-state index contributed by atoms with van der Waals surface area (Å²) < 4.78 is 25.6. The molecule has 13 heavy (non-hydrogen) atoms. The lowest BCUT2D eigenvalue weighted by molar-refractivity contribution is -0.138. The zero-order chi connectivity index (χ0) is 10.3. The summed E-state index contributed by atoms with van der Waals surface area (Å²) in [4.78, 5) is 10.6. The van der Waals surface area contributed by atoms with E-state index in [0.717, 1.165) is 19.3 Å². The molecule has 0 aromatic rings. The van der Waals surface area contributed by atoms with Crippen LogP contribution in [0.5, 0.6) is 0 Å². The number of ketones is 1. The first-order valence-electron chi connectivity index (χ1n) is 4.59. The summed E-state index contributed by atoms with van der Waals surface area (Å²) in [7, 11) is 0. The topological polar surface area (TPSA) is 17.1 Å². The number of hydrogen-bond acceptors (Lipinski definition) is 1. The summed E-state index contributed by atoms with van der Waals surface area (Å²) in [5, 5.41) is 0. The minimum atomic E-state index is -3.20. The third kappa shape index (κ3) is 4.76. The van der Waals surface area contributed by atoms with Crippen LogP contribution < -0.4 is 0 Å². The van der Waals surface area contributed by atoms with Crippen LogP contribution in [0.4, 0.5) is 8.78 Å². The Kier molecular flexibility index (Phi) is 5.51. The van der Waals surface area contributed by atoms with Gasteiger partial charge in [0.2, 0.25) is 5.78 Å². The summed E-state index contributed by atoms with van der Waals surface area (Å²) in [5.41, 5.74) is 0. The molecule has 76 valence electrons. The molecule has 0 aliphatic heterocycles. The van der Waals surface area contributed by atoms with E-state index >= 15 is 0 Å². The fourth-order valence-corrected chi connectivity index (χ4v) is 1.05. The highest BCUT2D eigenvalue weighted by molar-refractivity contribution is 5.95. The molecule has 0 atom stereocenters. The lowest BCUT2D eigenvalue weighted by Gasteiger charge is -2.11. The molecule has 0 amide bonds. The van der Waals surface area contributed by atoms with Crippen molar-refractivity contribution < 1.29 is 13.6 Å². The van der Waals surface area contributed by atoms with E-state index in [0.29, 0.717) is 12.5 Å². The van der Waals surface area contributed by atoms with Crippen molar-refractivity contribution in [1.29, 1.82) is 0 Å². The third-order valence-electron chi connectivity index (χ3n) is 1.89. The van der Waals surface area contributed by atoms with E-state index in [2.05, 4.69) is 6.58 Å². The Morgan fingerprint density at radius 2 is 2.00 bits per heavy atom. The molecule has 0 aromatic carbocycles. The molecule has 0 radical (unpaired) electrons. The lowest BCUT2D eigenvalue weighted by Crippen LogP contribution is -2.26. The Bertz CT molecular complexity index is 176. The highest BCUT2D eigenvalue weighted by atomic mass is 19.3. The maximum atomic E-state index is 12.8. The fraction of sp³-hybridized carbons (Fsp3) is 0.700. The predicted octanol–water partition coefficient (Wildman–Crippen LogP) is 3.35. The van der Waals surface area contributed by atoms with Crippen molar-refractivity contribution >= 4 is 5.78 Å². The Balaban J connectivity index is 3.75. The standard InChI is InChI=1S/C10H16F2O/c1-3-5-6-7-8-10(11,12)9(13)4-2/h4H,2-3,5-8H2,1H3. The van der Waals surface area contributed by atoms with Crippen LogP contribution in [0.3, 0.4) is 0 Å². The molecule has 0 heterocycles. The summed E-state index contributed by atoms with van der Waals surface area (Å²) >= 11 is 0. The van der Waals surface area contributed by atoms with Gasteiger partial charge in [-0.25, -0.2) is 0 Å². The van der Waals surface area contributed by atoms with Crippen LogP contribution >= 0.6 is 0 Å². The Labute approximate surface area is 77.8 Å². The van der Waals surface area contributed by atoms with Crippen LogP contribution in [0.2, 0.25) is 0 Å². The smallest absolute Gasteiger partial charge is 0.288 e. The molecule has 0 unspecified atom stereocenters. The second-order valence-corrected chi connectivity index (χ2v) is 3.08. The molecule has 0 spiro atoms. The molecular formula is C10H16F2O. The van der Waals surface area contributed by atoms with E-state index in [-0.39, 0.29) is 6.42 Å². The summed E-state index contributed by atoms with van der Waals surface area (Å²) in [6, 6.07) is 0. The van der Waals surface area contributed by atoms with Gasteiger partial charge in [0.1, 0.15) is 0 Å². The van der Waals surface area contributed by atoms with Gasteiger partial charge in [-0.2, -0.15) is 8.78 Å². The average molecular weight is 190 g/mol. The molecule has 1 nitrogen and oxygen atoms in total. The van der Waals surface area contributed by atoms with Gasteiger partial charge in [0.05, 0.1) is 0 Å². The SMILES string of the molecule is C=CC(=O)C(F)(F)CCCCCC. The summed E-state index contributed by atoms with van der Waals surface area (Å²) in [5.74, 6) is -4.36. The number of carbonyl (C=O) groups excluding carboxylic acids is 1. The van der Waals surface area contributed by atoms with E-state index in [1.165, 1.54) is 0 Å². The largest absolute Gasteiger partial charge is 0.309 e. The third-order valence-corrected chi connectivity index (χ3v) is 1.89. The van der Waals surface area contributed by atoms with Gasteiger partial charge >= 0.3 is 5.92 Å². The van der Waals surface area contributed by atoms with Crippen LogP contribution in [0.1, 0.15) is 39.0 Å². The number of hydrogen-bond donors (Lipinski definition) is 0. The van der Waals surface area contributed by atoms with Crippen LogP contribution in [0.25, 0.3) is 0 Å². The highest BCUT2D eigenvalue weighted by Crippen LogP contribution is 2.23. The van der Waals surface area contributed by atoms with E-state index < -0.39 is 11.7 Å². The molecule has 0 aliphatic rings. The van der Waals surface area contributed by atoms with Gasteiger partial charge in [0.25, 0.3) is 0 Å². The maximum Gasteiger partial charge on any atom is 0.309 e. The van der Waals surface area contributed by atoms with Gasteiger partial charge in [-0.05, 0) is 12.5 Å². The fourth-order valence-electron chi connectivity index (χ4n) is 1.05. The van der Waals surface area contributed by atoms with E-state index in [1.807, 2.05) is 6.92 Å². The first kappa shape index (κ1) is 12.3. The monoisotopic (exact) mass is 190 g/mol. The zero-order valence-corrected chi connectivity index (χ0v) is 7.98. The zero-order valence-electron chi connectivity index (χ0n) is 7.98. The maximum absolute atomic E-state index is 12.8. The highest BCUT2D eigenvalue weighted by Gasteiger charge is 2.35. The molecule has 0 N–H and O–H groups in total. The van der Waals surface area contributed by atoms with Gasteiger partial charge in [-0.15, -0.1) is 0 Å². The molecule has 0 bridgehead atoms. The number of alkyl halides is 2. The van der Waals surface area contributed by atoms with Gasteiger partial charge in [-0.3, -0.25) is 4.79 Å². The first-order chi connectivity index (χ1) is 6.04. The Hall–Kier alpha value is -0.730. The molecule has 0 aromatic heterocycles. The minimum absolute atomic E-state index is 0.349. The van der Waals surface area contributed by atoms with Crippen LogP contribution in [0, 0.1) is 0 Å². The van der Waals surface area contributed by atoms with Crippen LogP contribution in [0.15, 0.2) is 12.7 Å². The van der Waals surface area contributed by atoms with Crippen molar-refractivity contribution in [3.63, 3.8) is 0 Å². The molecule has 0 fully saturated rings. The van der Waals surface area contributed by atoms with Crippen molar-refractivity contribution in [2.24, 2.45) is 0 Å². The van der Waals surface area contributed by atoms with Gasteiger partial charge < -0.3 is 0 Å². The van der Waals surface area contributed by atoms with Crippen molar-refractivity contribution in [2.45, 2.75) is 45.0 Å². The van der Waals surface area contributed by atoms with E-state index in [9.17, 15) is 13.6 Å². The lowest BCUT2D eigenvalue weighted by atomic mass is 10.1. The first-order valence-corrected chi connectivity index (χ1v) is 4.59. The summed E-state index contributed by atoms with van der Waals surface area (Å²) in [6.45, 7) is 5.05. The summed E-state index contributed by atoms with van der Waals surface area (Å²) in [6.07, 6.45) is 3.45. The molecule has 3 heteroatoms. The van der Waals surface area contributed by atoms with Gasteiger partial charge in [0.15, 0.2) is 0 Å². The van der Waals surface area contributed by atoms with Crippen LogP contribution in [-0.4, -0.2) is 11.7 Å². The van der Waals surface area contributed by atoms with Crippen molar-refractivity contribution in [3.8, 4) is 0 Å². The number of halogens is 2. The number of unbranched alkanes of at least 4 members (excludes halogenated alkanes) is 3. The van der Waals surface area contributed by atoms with Crippen molar-refractivity contribution in [2.75, 3.05) is 0 Å². The number of carbonyl (C=O) groups is 1. The molecule has 0 aliphatic carbocycles. The van der Waals surface area contributed by atoms with Crippen molar-refractivity contribution in [3.05, 3.63) is 12.7 Å². The quantitative estimate of drug-likeness (QED) is 0.444. The molecule has 0 rings (SSSR count). The second kappa shape index (κ2) is 5.84. The Morgan fingerprint density at radius 1 is 1.38 bits per heavy atom. The van der Waals surface area contributed by atoms with E-state index in [1.54, 1.807) is 0 Å². The predicted molar refractivity (Wildman–Crippen MR) is 48.9 cm³/mol. The Morgan fingerprint density at radius 3 is 2.46 bits per heavy atom. The van der Waals surface area contributed by atoms with Gasteiger partial charge in [0, 0.05) is 6.42 Å². The van der Waals surface area contributed by atoms with Gasteiger partial charge in [-0.1, -0.05) is 32.8 Å². The number of rotatable bonds is 7. The van der Waals surface area contributed by atoms with Crippen molar-refractivity contribution in [1.82, 2.24) is 0 Å².